The summed E-state index contributed by atoms with van der Waals surface area (Å²) in [6, 6.07) is 13.1. The molecule has 0 aromatic heterocycles. The van der Waals surface area contributed by atoms with Gasteiger partial charge in [-0.1, -0.05) is 51.1 Å². The molecule has 3 heteroatoms. The predicted octanol–water partition coefficient (Wildman–Crippen LogP) is 5.25. The molecule has 24 heavy (non-hydrogen) atoms. The Balaban J connectivity index is 2.51. The number of allylic oxidation sites excluding steroid dienone is 1. The van der Waals surface area contributed by atoms with Crippen LogP contribution in [0.2, 0.25) is 0 Å². The maximum atomic E-state index is 11.4. The first kappa shape index (κ1) is 17.8. The number of carboxylic acid groups (broad SMARTS) is 1. The van der Waals surface area contributed by atoms with E-state index in [0.29, 0.717) is 11.1 Å². The average molecular weight is 324 g/mol. The van der Waals surface area contributed by atoms with Gasteiger partial charge in [0.05, 0.1) is 12.7 Å². The van der Waals surface area contributed by atoms with Crippen LogP contribution in [0.25, 0.3) is 11.6 Å². The molecular weight excluding hydrogens is 300 g/mol. The van der Waals surface area contributed by atoms with Crippen LogP contribution in [0, 0.1) is 0 Å². The smallest absolute Gasteiger partial charge is 0.336 e. The quantitative estimate of drug-likeness (QED) is 0.781. The van der Waals surface area contributed by atoms with Gasteiger partial charge in [0, 0.05) is 5.56 Å². The van der Waals surface area contributed by atoms with Crippen molar-refractivity contribution >= 4 is 17.6 Å². The van der Waals surface area contributed by atoms with Crippen LogP contribution in [-0.2, 0) is 5.41 Å². The number of aromatic carboxylic acids is 1. The van der Waals surface area contributed by atoms with Crippen LogP contribution in [0.15, 0.2) is 42.5 Å². The van der Waals surface area contributed by atoms with Crippen molar-refractivity contribution in [1.29, 1.82) is 0 Å². The maximum Gasteiger partial charge on any atom is 0.336 e. The molecule has 2 aromatic rings. The lowest BCUT2D eigenvalue weighted by atomic mass is 9.84. The average Bonchev–Trinajstić information content (AvgIpc) is 2.53. The van der Waals surface area contributed by atoms with Gasteiger partial charge in [-0.15, -0.1) is 0 Å². The van der Waals surface area contributed by atoms with Crippen molar-refractivity contribution < 1.29 is 14.6 Å². The van der Waals surface area contributed by atoms with Crippen LogP contribution in [-0.4, -0.2) is 18.2 Å². The van der Waals surface area contributed by atoms with E-state index in [2.05, 4.69) is 26.8 Å². The summed E-state index contributed by atoms with van der Waals surface area (Å²) in [6.45, 7) is 8.43. The molecule has 0 aliphatic heterocycles. The molecule has 0 heterocycles. The van der Waals surface area contributed by atoms with Crippen molar-refractivity contribution in [2.75, 3.05) is 7.11 Å². The highest BCUT2D eigenvalue weighted by atomic mass is 16.5. The number of rotatable bonds is 4. The fourth-order valence-corrected chi connectivity index (χ4v) is 2.67. The summed E-state index contributed by atoms with van der Waals surface area (Å²) in [4.78, 5) is 11.4. The van der Waals surface area contributed by atoms with E-state index >= 15 is 0 Å². The second-order valence-electron chi connectivity index (χ2n) is 6.88. The van der Waals surface area contributed by atoms with E-state index in [1.165, 1.54) is 0 Å². The minimum Gasteiger partial charge on any atom is -0.496 e. The van der Waals surface area contributed by atoms with Crippen LogP contribution in [0.5, 0.6) is 5.75 Å². The SMILES string of the molecule is COc1ccc(C(C)=Cc2ccccc2C(=O)O)cc1C(C)(C)C. The summed E-state index contributed by atoms with van der Waals surface area (Å²) in [6.07, 6.45) is 1.91. The minimum atomic E-state index is -0.917. The van der Waals surface area contributed by atoms with Gasteiger partial charge >= 0.3 is 5.97 Å². The molecule has 126 valence electrons. The molecule has 0 radical (unpaired) electrons. The summed E-state index contributed by atoms with van der Waals surface area (Å²) in [5.74, 6) is -0.0512. The monoisotopic (exact) mass is 324 g/mol. The number of hydrogen-bond acceptors (Lipinski definition) is 2. The first-order chi connectivity index (χ1) is 11.2. The number of ether oxygens (including phenoxy) is 1. The molecule has 2 rings (SSSR count). The maximum absolute atomic E-state index is 11.4. The van der Waals surface area contributed by atoms with Crippen molar-refractivity contribution in [3.05, 3.63) is 64.7 Å². The first-order valence-electron chi connectivity index (χ1n) is 7.93. The van der Waals surface area contributed by atoms with Crippen molar-refractivity contribution in [2.45, 2.75) is 33.1 Å². The summed E-state index contributed by atoms with van der Waals surface area (Å²) in [5, 5.41) is 9.32. The van der Waals surface area contributed by atoms with Crippen LogP contribution in [0.1, 0.15) is 54.7 Å². The Morgan fingerprint density at radius 3 is 2.38 bits per heavy atom. The number of carboxylic acids is 1. The van der Waals surface area contributed by atoms with Crippen molar-refractivity contribution in [3.63, 3.8) is 0 Å². The normalized spacial score (nSPS) is 12.1. The third-order valence-corrected chi connectivity index (χ3v) is 4.03. The van der Waals surface area contributed by atoms with Crippen LogP contribution in [0.3, 0.4) is 0 Å². The van der Waals surface area contributed by atoms with Gasteiger partial charge in [0.15, 0.2) is 0 Å². The lowest BCUT2D eigenvalue weighted by molar-refractivity contribution is 0.0696. The third kappa shape index (κ3) is 3.85. The van der Waals surface area contributed by atoms with Gasteiger partial charge < -0.3 is 9.84 Å². The van der Waals surface area contributed by atoms with E-state index in [1.807, 2.05) is 37.3 Å². The Hall–Kier alpha value is -2.55. The number of hydrogen-bond donors (Lipinski definition) is 1. The molecule has 3 nitrogen and oxygen atoms in total. The first-order valence-corrected chi connectivity index (χ1v) is 7.93. The molecule has 1 N–H and O–H groups in total. The van der Waals surface area contributed by atoms with Crippen LogP contribution >= 0.6 is 0 Å². The standard InChI is InChI=1S/C21H24O3/c1-14(12-16-8-6-7-9-17(16)20(22)23)15-10-11-19(24-5)18(13-15)21(2,3)4/h6-13H,1-5H3,(H,22,23). The molecule has 0 bridgehead atoms. The number of carbonyl (C=O) groups is 1. The van der Waals surface area contributed by atoms with E-state index in [9.17, 15) is 9.90 Å². The minimum absolute atomic E-state index is 0.0411. The topological polar surface area (TPSA) is 46.5 Å². The molecule has 0 amide bonds. The molecule has 0 saturated heterocycles. The zero-order valence-electron chi connectivity index (χ0n) is 14.9. The lowest BCUT2D eigenvalue weighted by Gasteiger charge is -2.23. The Morgan fingerprint density at radius 2 is 1.79 bits per heavy atom. The Bertz CT molecular complexity index is 780. The molecule has 2 aromatic carbocycles. The highest BCUT2D eigenvalue weighted by Gasteiger charge is 2.19. The molecule has 0 aliphatic carbocycles. The van der Waals surface area contributed by atoms with Gasteiger partial charge in [0.2, 0.25) is 0 Å². The predicted molar refractivity (Wildman–Crippen MR) is 98.6 cm³/mol. The van der Waals surface area contributed by atoms with Crippen molar-refractivity contribution in [1.82, 2.24) is 0 Å². The molecule has 0 saturated carbocycles. The van der Waals surface area contributed by atoms with Crippen molar-refractivity contribution in [3.8, 4) is 5.75 Å². The molecule has 0 fully saturated rings. The van der Waals surface area contributed by atoms with Gasteiger partial charge in [-0.3, -0.25) is 0 Å². The van der Waals surface area contributed by atoms with Gasteiger partial charge in [-0.2, -0.15) is 0 Å². The second kappa shape index (κ2) is 6.91. The fourth-order valence-electron chi connectivity index (χ4n) is 2.67. The summed E-state index contributed by atoms with van der Waals surface area (Å²) in [7, 11) is 1.68. The molecule has 0 atom stereocenters. The lowest BCUT2D eigenvalue weighted by Crippen LogP contribution is -2.13. The van der Waals surface area contributed by atoms with E-state index in [0.717, 1.165) is 22.4 Å². The highest BCUT2D eigenvalue weighted by Crippen LogP contribution is 2.34. The van der Waals surface area contributed by atoms with Gasteiger partial charge in [-0.05, 0) is 47.2 Å². The van der Waals surface area contributed by atoms with Crippen molar-refractivity contribution in [2.24, 2.45) is 0 Å². The number of methoxy groups -OCH3 is 1. The molecular formula is C21H24O3. The van der Waals surface area contributed by atoms with Crippen LogP contribution < -0.4 is 4.74 Å². The zero-order chi connectivity index (χ0) is 17.9. The van der Waals surface area contributed by atoms with E-state index < -0.39 is 5.97 Å². The van der Waals surface area contributed by atoms with E-state index in [4.69, 9.17) is 4.74 Å². The molecule has 0 unspecified atom stereocenters. The molecule has 0 aliphatic rings. The zero-order valence-corrected chi connectivity index (χ0v) is 14.9. The highest BCUT2D eigenvalue weighted by molar-refractivity contribution is 5.95. The second-order valence-corrected chi connectivity index (χ2v) is 6.88. The van der Waals surface area contributed by atoms with Gasteiger partial charge in [0.25, 0.3) is 0 Å². The summed E-state index contributed by atoms with van der Waals surface area (Å²) in [5.41, 5.74) is 4.16. The Morgan fingerprint density at radius 1 is 1.12 bits per heavy atom. The van der Waals surface area contributed by atoms with Gasteiger partial charge in [-0.25, -0.2) is 4.79 Å². The molecule has 0 spiro atoms. The Kier molecular flexibility index (Phi) is 5.13. The Labute approximate surface area is 143 Å². The van der Waals surface area contributed by atoms with Crippen LogP contribution in [0.4, 0.5) is 0 Å². The fraction of sp³-hybridized carbons (Fsp3) is 0.286. The third-order valence-electron chi connectivity index (χ3n) is 4.03. The summed E-state index contributed by atoms with van der Waals surface area (Å²) < 4.78 is 5.48. The number of benzene rings is 2. The van der Waals surface area contributed by atoms with E-state index in [-0.39, 0.29) is 5.41 Å². The van der Waals surface area contributed by atoms with Gasteiger partial charge in [0.1, 0.15) is 5.75 Å². The van der Waals surface area contributed by atoms with E-state index in [1.54, 1.807) is 19.2 Å². The summed E-state index contributed by atoms with van der Waals surface area (Å²) >= 11 is 0. The largest absolute Gasteiger partial charge is 0.496 e.